The topological polar surface area (TPSA) is 35.8 Å². The molecule has 0 aromatic heterocycles. The second-order valence-corrected chi connectivity index (χ2v) is 6.90. The Kier molecular flexibility index (Phi) is 5.43. The molecule has 3 aromatic rings. The highest BCUT2D eigenvalue weighted by Crippen LogP contribution is 2.43. The number of fused-ring (bicyclic) bond motifs is 1. The van der Waals surface area contributed by atoms with Crippen LogP contribution in [0.25, 0.3) is 16.8 Å². The van der Waals surface area contributed by atoms with Gasteiger partial charge in [-0.1, -0.05) is 86.3 Å². The molecule has 0 spiro atoms. The van der Waals surface area contributed by atoms with Gasteiger partial charge in [-0.25, -0.2) is 0 Å². The predicted octanol–water partition coefficient (Wildman–Crippen LogP) is 6.32. The summed E-state index contributed by atoms with van der Waals surface area (Å²) in [6.45, 7) is 6.46. The second kappa shape index (κ2) is 7.93. The fourth-order valence-electron chi connectivity index (χ4n) is 3.54. The Morgan fingerprint density at radius 3 is 2.48 bits per heavy atom. The van der Waals surface area contributed by atoms with Crippen LogP contribution >= 0.6 is 0 Å². The maximum absolute atomic E-state index is 9.60. The standard InChI is InChI=1S/C25H24N2/c1-19(13-14-20-9-5-4-6-10-20)25(2,17-18-26)24-22-12-8-7-11-21(22)15-16-23(24)27-3/h4-16,27H,1,17H2,2-3H3/b14-13+. The normalized spacial score (nSPS) is 13.2. The Morgan fingerprint density at radius 1 is 1.07 bits per heavy atom. The molecule has 1 unspecified atom stereocenters. The third-order valence-electron chi connectivity index (χ3n) is 5.17. The lowest BCUT2D eigenvalue weighted by atomic mass is 9.71. The van der Waals surface area contributed by atoms with Crippen LogP contribution in [-0.2, 0) is 5.41 Å². The van der Waals surface area contributed by atoms with Crippen LogP contribution in [0.3, 0.4) is 0 Å². The molecule has 3 aromatic carbocycles. The minimum atomic E-state index is -0.501. The third kappa shape index (κ3) is 3.64. The van der Waals surface area contributed by atoms with Gasteiger partial charge in [0, 0.05) is 24.6 Å². The van der Waals surface area contributed by atoms with E-state index in [0.717, 1.165) is 33.2 Å². The Labute approximate surface area is 161 Å². The fraction of sp³-hybridized carbons (Fsp3) is 0.160. The number of nitrogens with zero attached hydrogens (tertiary/aromatic N) is 1. The molecule has 1 N–H and O–H groups in total. The molecule has 2 nitrogen and oxygen atoms in total. The van der Waals surface area contributed by atoms with Crippen LogP contribution < -0.4 is 5.32 Å². The summed E-state index contributed by atoms with van der Waals surface area (Å²) in [5.74, 6) is 0. The summed E-state index contributed by atoms with van der Waals surface area (Å²) in [6, 6.07) is 25.0. The average Bonchev–Trinajstić information content (AvgIpc) is 2.71. The summed E-state index contributed by atoms with van der Waals surface area (Å²) in [6.07, 6.45) is 4.45. The molecule has 27 heavy (non-hydrogen) atoms. The van der Waals surface area contributed by atoms with E-state index in [2.05, 4.69) is 67.4 Å². The van der Waals surface area contributed by atoms with Crippen molar-refractivity contribution in [2.45, 2.75) is 18.8 Å². The van der Waals surface area contributed by atoms with E-state index in [1.54, 1.807) is 0 Å². The van der Waals surface area contributed by atoms with Crippen molar-refractivity contribution in [2.24, 2.45) is 0 Å². The Bertz CT molecular complexity index is 1030. The van der Waals surface area contributed by atoms with E-state index in [-0.39, 0.29) is 0 Å². The van der Waals surface area contributed by atoms with Crippen molar-refractivity contribution >= 4 is 22.5 Å². The molecule has 3 rings (SSSR count). The highest BCUT2D eigenvalue weighted by Gasteiger charge is 2.32. The van der Waals surface area contributed by atoms with Gasteiger partial charge >= 0.3 is 0 Å². The number of rotatable bonds is 6. The van der Waals surface area contributed by atoms with Crippen molar-refractivity contribution < 1.29 is 0 Å². The first kappa shape index (κ1) is 18.5. The average molecular weight is 352 g/mol. The van der Waals surface area contributed by atoms with Crippen molar-refractivity contribution in [2.75, 3.05) is 12.4 Å². The number of allylic oxidation sites excluding steroid dienone is 2. The first-order valence-corrected chi connectivity index (χ1v) is 9.09. The number of benzene rings is 3. The van der Waals surface area contributed by atoms with Crippen LogP contribution in [0, 0.1) is 11.3 Å². The van der Waals surface area contributed by atoms with Gasteiger partial charge in [0.1, 0.15) is 0 Å². The third-order valence-corrected chi connectivity index (χ3v) is 5.17. The number of nitriles is 1. The van der Waals surface area contributed by atoms with Crippen molar-refractivity contribution in [1.82, 2.24) is 0 Å². The van der Waals surface area contributed by atoms with Gasteiger partial charge in [-0.15, -0.1) is 0 Å². The zero-order valence-electron chi connectivity index (χ0n) is 15.9. The molecule has 0 saturated heterocycles. The maximum atomic E-state index is 9.60. The van der Waals surface area contributed by atoms with Gasteiger partial charge in [-0.05, 0) is 33.5 Å². The Morgan fingerprint density at radius 2 is 1.78 bits per heavy atom. The van der Waals surface area contributed by atoms with E-state index >= 15 is 0 Å². The summed E-state index contributed by atoms with van der Waals surface area (Å²) < 4.78 is 0. The number of nitrogens with one attached hydrogen (secondary N) is 1. The zero-order valence-corrected chi connectivity index (χ0v) is 15.9. The minimum absolute atomic E-state index is 0.355. The molecule has 0 bridgehead atoms. The van der Waals surface area contributed by atoms with E-state index in [1.807, 2.05) is 43.5 Å². The molecule has 134 valence electrons. The monoisotopic (exact) mass is 352 g/mol. The van der Waals surface area contributed by atoms with Crippen molar-refractivity contribution in [3.05, 3.63) is 96.1 Å². The van der Waals surface area contributed by atoms with Crippen molar-refractivity contribution in [3.8, 4) is 6.07 Å². The lowest BCUT2D eigenvalue weighted by molar-refractivity contribution is 0.594. The predicted molar refractivity (Wildman–Crippen MR) is 116 cm³/mol. The molecular formula is C25H24N2. The number of anilines is 1. The molecule has 0 aliphatic heterocycles. The summed E-state index contributed by atoms with van der Waals surface area (Å²) in [4.78, 5) is 0. The minimum Gasteiger partial charge on any atom is -0.388 e. The molecule has 0 heterocycles. The molecule has 1 atom stereocenters. The molecule has 0 aliphatic rings. The summed E-state index contributed by atoms with van der Waals surface area (Å²) in [5, 5.41) is 15.2. The van der Waals surface area contributed by atoms with Crippen LogP contribution in [0.5, 0.6) is 0 Å². The molecule has 0 aliphatic carbocycles. The quantitative estimate of drug-likeness (QED) is 0.527. The molecule has 0 fully saturated rings. The molecule has 0 amide bonds. The molecular weight excluding hydrogens is 328 g/mol. The summed E-state index contributed by atoms with van der Waals surface area (Å²) >= 11 is 0. The van der Waals surface area contributed by atoms with E-state index in [4.69, 9.17) is 0 Å². The Hall–Kier alpha value is -3.31. The maximum Gasteiger partial charge on any atom is 0.0634 e. The fourth-order valence-corrected chi connectivity index (χ4v) is 3.54. The number of hydrogen-bond acceptors (Lipinski definition) is 2. The van der Waals surface area contributed by atoms with Crippen LogP contribution in [0.1, 0.15) is 24.5 Å². The summed E-state index contributed by atoms with van der Waals surface area (Å²) in [7, 11) is 1.92. The molecule has 2 heteroatoms. The smallest absolute Gasteiger partial charge is 0.0634 e. The largest absolute Gasteiger partial charge is 0.388 e. The summed E-state index contributed by atoms with van der Waals surface area (Å²) in [5.41, 5.74) is 3.68. The highest BCUT2D eigenvalue weighted by atomic mass is 14.8. The van der Waals surface area contributed by atoms with Gasteiger partial charge in [0.2, 0.25) is 0 Å². The zero-order chi connectivity index (χ0) is 19.3. The van der Waals surface area contributed by atoms with Crippen LogP contribution in [-0.4, -0.2) is 7.05 Å². The van der Waals surface area contributed by atoms with Gasteiger partial charge in [0.15, 0.2) is 0 Å². The SMILES string of the molecule is C=C(/C=C/c1ccccc1)C(C)(CC#N)c1c(NC)ccc2ccccc12. The first-order chi connectivity index (χ1) is 13.1. The van der Waals surface area contributed by atoms with Crippen LogP contribution in [0.4, 0.5) is 5.69 Å². The molecule has 0 radical (unpaired) electrons. The van der Waals surface area contributed by atoms with Crippen LogP contribution in [0.2, 0.25) is 0 Å². The Balaban J connectivity index is 2.15. The van der Waals surface area contributed by atoms with E-state index < -0.39 is 5.41 Å². The van der Waals surface area contributed by atoms with Gasteiger partial charge in [-0.2, -0.15) is 5.26 Å². The highest BCUT2D eigenvalue weighted by molar-refractivity contribution is 5.92. The van der Waals surface area contributed by atoms with E-state index in [1.165, 1.54) is 0 Å². The van der Waals surface area contributed by atoms with E-state index in [0.29, 0.717) is 6.42 Å². The van der Waals surface area contributed by atoms with Gasteiger partial charge in [0.25, 0.3) is 0 Å². The van der Waals surface area contributed by atoms with E-state index in [9.17, 15) is 5.26 Å². The van der Waals surface area contributed by atoms with Crippen molar-refractivity contribution in [3.63, 3.8) is 0 Å². The second-order valence-electron chi connectivity index (χ2n) is 6.90. The lowest BCUT2D eigenvalue weighted by Gasteiger charge is -2.32. The van der Waals surface area contributed by atoms with Gasteiger partial charge < -0.3 is 5.32 Å². The van der Waals surface area contributed by atoms with Crippen molar-refractivity contribution in [1.29, 1.82) is 5.26 Å². The number of hydrogen-bond donors (Lipinski definition) is 1. The van der Waals surface area contributed by atoms with Crippen LogP contribution in [0.15, 0.2) is 85.0 Å². The van der Waals surface area contributed by atoms with Gasteiger partial charge in [-0.3, -0.25) is 0 Å². The molecule has 0 saturated carbocycles. The van der Waals surface area contributed by atoms with Gasteiger partial charge in [0.05, 0.1) is 6.07 Å². The first-order valence-electron chi connectivity index (χ1n) is 9.09. The lowest BCUT2D eigenvalue weighted by Crippen LogP contribution is -2.25.